The van der Waals surface area contributed by atoms with Gasteiger partial charge >= 0.3 is 5.69 Å². The van der Waals surface area contributed by atoms with Gasteiger partial charge in [-0.1, -0.05) is 6.07 Å². The first-order chi connectivity index (χ1) is 9.13. The number of aromatic nitrogens is 2. The molecule has 0 aliphatic heterocycles. The molecule has 0 bridgehead atoms. The van der Waals surface area contributed by atoms with Crippen LogP contribution >= 0.6 is 0 Å². The maximum Gasteiger partial charge on any atom is 0.316 e. The van der Waals surface area contributed by atoms with E-state index in [-0.39, 0.29) is 11.4 Å². The van der Waals surface area contributed by atoms with E-state index in [1.807, 2.05) is 13.1 Å². The zero-order valence-corrected chi connectivity index (χ0v) is 10.3. The fourth-order valence-electron chi connectivity index (χ4n) is 1.76. The molecule has 19 heavy (non-hydrogen) atoms. The molecule has 0 atom stereocenters. The summed E-state index contributed by atoms with van der Waals surface area (Å²) in [5.74, 6) is 5.28. The molecule has 0 aliphatic rings. The number of benzene rings is 1. The molecule has 0 fully saturated rings. The number of aryl methyl sites for hydroxylation is 1. The number of nitrogens with zero attached hydrogens (tertiary/aromatic N) is 3. The van der Waals surface area contributed by atoms with Gasteiger partial charge in [-0.2, -0.15) is 5.10 Å². The van der Waals surface area contributed by atoms with E-state index in [1.54, 1.807) is 29.1 Å². The highest BCUT2D eigenvalue weighted by Crippen LogP contribution is 2.32. The van der Waals surface area contributed by atoms with Gasteiger partial charge in [0.05, 0.1) is 17.2 Å². The maximum atomic E-state index is 11.1. The Bertz CT molecular complexity index is 595. The first-order valence-electron chi connectivity index (χ1n) is 5.58. The lowest BCUT2D eigenvalue weighted by Gasteiger charge is -2.09. The summed E-state index contributed by atoms with van der Waals surface area (Å²) in [5, 5.41) is 18.1. The van der Waals surface area contributed by atoms with Gasteiger partial charge in [-0.05, 0) is 18.2 Å². The van der Waals surface area contributed by atoms with Crippen molar-refractivity contribution in [3.8, 4) is 0 Å². The van der Waals surface area contributed by atoms with Crippen LogP contribution in [0.5, 0.6) is 0 Å². The second-order valence-corrected chi connectivity index (χ2v) is 3.90. The zero-order chi connectivity index (χ0) is 13.8. The summed E-state index contributed by atoms with van der Waals surface area (Å²) >= 11 is 0. The molecule has 4 N–H and O–H groups in total. The highest BCUT2D eigenvalue weighted by Gasteiger charge is 2.18. The Morgan fingerprint density at radius 1 is 1.42 bits per heavy atom. The number of hydrogen-bond acceptors (Lipinski definition) is 6. The van der Waals surface area contributed by atoms with Crippen LogP contribution in [0, 0.1) is 10.1 Å². The van der Waals surface area contributed by atoms with Gasteiger partial charge in [0.1, 0.15) is 11.4 Å². The Balaban J connectivity index is 2.25. The van der Waals surface area contributed by atoms with Crippen LogP contribution in [0.15, 0.2) is 30.5 Å². The number of rotatable bonds is 5. The van der Waals surface area contributed by atoms with E-state index in [9.17, 15) is 10.1 Å². The van der Waals surface area contributed by atoms with Crippen molar-refractivity contribution >= 4 is 17.1 Å². The van der Waals surface area contributed by atoms with Gasteiger partial charge in [0.15, 0.2) is 0 Å². The van der Waals surface area contributed by atoms with Crippen LogP contribution in [0.1, 0.15) is 5.69 Å². The molecule has 1 heterocycles. The summed E-state index contributed by atoms with van der Waals surface area (Å²) in [6.45, 7) is 0.436. The van der Waals surface area contributed by atoms with Gasteiger partial charge in [-0.25, -0.2) is 0 Å². The lowest BCUT2D eigenvalue weighted by molar-refractivity contribution is -0.383. The van der Waals surface area contributed by atoms with E-state index in [1.165, 1.54) is 0 Å². The number of hydrazine groups is 1. The summed E-state index contributed by atoms with van der Waals surface area (Å²) in [4.78, 5) is 10.6. The minimum Gasteiger partial charge on any atom is -0.374 e. The van der Waals surface area contributed by atoms with E-state index in [0.29, 0.717) is 12.2 Å². The Hall–Kier alpha value is -2.61. The first kappa shape index (κ1) is 12.8. The highest BCUT2D eigenvalue weighted by molar-refractivity contribution is 5.75. The molecule has 2 aromatic rings. The number of nitro groups is 1. The van der Waals surface area contributed by atoms with Crippen LogP contribution in [0.25, 0.3) is 0 Å². The van der Waals surface area contributed by atoms with Gasteiger partial charge in [-0.3, -0.25) is 20.6 Å². The molecule has 0 saturated heterocycles. The van der Waals surface area contributed by atoms with E-state index >= 15 is 0 Å². The van der Waals surface area contributed by atoms with E-state index in [0.717, 1.165) is 5.69 Å². The Kier molecular flexibility index (Phi) is 3.62. The second-order valence-electron chi connectivity index (χ2n) is 3.90. The molecule has 8 nitrogen and oxygen atoms in total. The smallest absolute Gasteiger partial charge is 0.316 e. The Labute approximate surface area is 109 Å². The molecule has 0 saturated carbocycles. The highest BCUT2D eigenvalue weighted by atomic mass is 16.6. The molecule has 1 aromatic carbocycles. The molecule has 100 valence electrons. The average Bonchev–Trinajstić information content (AvgIpc) is 2.81. The lowest BCUT2D eigenvalue weighted by atomic mass is 10.2. The van der Waals surface area contributed by atoms with Crippen LogP contribution in [0.3, 0.4) is 0 Å². The second kappa shape index (κ2) is 5.36. The predicted octanol–water partition coefficient (Wildman–Crippen LogP) is 1.23. The summed E-state index contributed by atoms with van der Waals surface area (Å²) in [6.07, 6.45) is 1.67. The third-order valence-corrected chi connectivity index (χ3v) is 2.76. The quantitative estimate of drug-likeness (QED) is 0.424. The molecule has 2 rings (SSSR count). The fraction of sp³-hybridized carbons (Fsp3) is 0.182. The number of nitro benzene ring substituents is 1. The molecule has 8 heteroatoms. The third kappa shape index (κ3) is 2.63. The molecule has 0 amide bonds. The van der Waals surface area contributed by atoms with Crippen molar-refractivity contribution in [2.45, 2.75) is 6.54 Å². The lowest BCUT2D eigenvalue weighted by Crippen LogP contribution is -2.11. The SMILES string of the molecule is Cn1nccc1CNc1cccc(NN)c1[N+](=O)[O-]. The number of nitrogens with two attached hydrogens (primary N) is 1. The molecule has 0 spiro atoms. The van der Waals surface area contributed by atoms with Crippen molar-refractivity contribution in [1.29, 1.82) is 0 Å². The zero-order valence-electron chi connectivity index (χ0n) is 10.3. The van der Waals surface area contributed by atoms with Crippen LogP contribution < -0.4 is 16.6 Å². The van der Waals surface area contributed by atoms with Crippen molar-refractivity contribution in [3.05, 3.63) is 46.3 Å². The predicted molar refractivity (Wildman–Crippen MR) is 71.4 cm³/mol. The third-order valence-electron chi connectivity index (χ3n) is 2.76. The van der Waals surface area contributed by atoms with Crippen LogP contribution in [0.2, 0.25) is 0 Å². The minimum atomic E-state index is -0.471. The molecule has 0 aliphatic carbocycles. The van der Waals surface area contributed by atoms with Crippen molar-refractivity contribution in [2.75, 3.05) is 10.7 Å². The largest absolute Gasteiger partial charge is 0.374 e. The standard InChI is InChI=1S/C11H14N6O2/c1-16-8(5-6-14-16)7-13-9-3-2-4-10(15-12)11(9)17(18)19/h2-6,13,15H,7,12H2,1H3. The summed E-state index contributed by atoms with van der Waals surface area (Å²) in [7, 11) is 1.81. The monoisotopic (exact) mass is 262 g/mol. The van der Waals surface area contributed by atoms with Crippen molar-refractivity contribution < 1.29 is 4.92 Å². The molecular weight excluding hydrogens is 248 g/mol. The van der Waals surface area contributed by atoms with E-state index in [4.69, 9.17) is 5.84 Å². The summed E-state index contributed by atoms with van der Waals surface area (Å²) in [5.41, 5.74) is 3.83. The van der Waals surface area contributed by atoms with Crippen molar-refractivity contribution in [2.24, 2.45) is 12.9 Å². The number of hydrogen-bond donors (Lipinski definition) is 3. The van der Waals surface area contributed by atoms with Crippen molar-refractivity contribution in [3.63, 3.8) is 0 Å². The van der Waals surface area contributed by atoms with E-state index < -0.39 is 4.92 Å². The maximum absolute atomic E-state index is 11.1. The van der Waals surface area contributed by atoms with Crippen LogP contribution in [0.4, 0.5) is 17.1 Å². The number of nitrogen functional groups attached to an aromatic ring is 1. The van der Waals surface area contributed by atoms with Crippen LogP contribution in [-0.4, -0.2) is 14.7 Å². The molecule has 0 unspecified atom stereocenters. The molecular formula is C11H14N6O2. The molecule has 1 aromatic heterocycles. The van der Waals surface area contributed by atoms with Gasteiger partial charge in [0.25, 0.3) is 0 Å². The Morgan fingerprint density at radius 3 is 2.74 bits per heavy atom. The van der Waals surface area contributed by atoms with Gasteiger partial charge in [-0.15, -0.1) is 0 Å². The van der Waals surface area contributed by atoms with E-state index in [2.05, 4.69) is 15.8 Å². The summed E-state index contributed by atoms with van der Waals surface area (Å²) < 4.78 is 1.70. The van der Waals surface area contributed by atoms with Gasteiger partial charge < -0.3 is 10.7 Å². The summed E-state index contributed by atoms with van der Waals surface area (Å²) in [6, 6.07) is 6.71. The number of nitrogens with one attached hydrogen (secondary N) is 2. The Morgan fingerprint density at radius 2 is 2.16 bits per heavy atom. The van der Waals surface area contributed by atoms with Gasteiger partial charge in [0, 0.05) is 13.2 Å². The van der Waals surface area contributed by atoms with Crippen molar-refractivity contribution in [1.82, 2.24) is 9.78 Å². The fourth-order valence-corrected chi connectivity index (χ4v) is 1.76. The minimum absolute atomic E-state index is 0.0767. The first-order valence-corrected chi connectivity index (χ1v) is 5.58. The number of para-hydroxylation sites is 1. The number of anilines is 2. The molecule has 0 radical (unpaired) electrons. The van der Waals surface area contributed by atoms with Crippen LogP contribution in [-0.2, 0) is 13.6 Å². The van der Waals surface area contributed by atoms with Gasteiger partial charge in [0.2, 0.25) is 0 Å². The average molecular weight is 262 g/mol. The normalized spacial score (nSPS) is 10.2. The topological polar surface area (TPSA) is 111 Å².